The van der Waals surface area contributed by atoms with Crippen molar-refractivity contribution in [2.75, 3.05) is 13.6 Å². The minimum atomic E-state index is -4.02. The third-order valence-corrected chi connectivity index (χ3v) is 10.5. The van der Waals surface area contributed by atoms with Crippen molar-refractivity contribution in [3.63, 3.8) is 0 Å². The largest absolute Gasteiger partial charge is 0.478 e. The molecule has 0 saturated heterocycles. The normalized spacial score (nSPS) is 17.0. The molecule has 1 aliphatic rings. The molecule has 10 nitrogen and oxygen atoms in total. The number of benzene rings is 1. The summed E-state index contributed by atoms with van der Waals surface area (Å²) in [6, 6.07) is 3.99. The van der Waals surface area contributed by atoms with Crippen molar-refractivity contribution in [3.05, 3.63) is 34.9 Å². The fourth-order valence-electron chi connectivity index (χ4n) is 5.11. The van der Waals surface area contributed by atoms with Crippen molar-refractivity contribution < 1.29 is 45.7 Å². The molecule has 0 saturated carbocycles. The first-order valence-corrected chi connectivity index (χ1v) is 20.1. The van der Waals surface area contributed by atoms with E-state index in [9.17, 15) is 9.13 Å². The van der Waals surface area contributed by atoms with Crippen LogP contribution < -0.4 is 9.47 Å². The van der Waals surface area contributed by atoms with E-state index in [2.05, 4.69) is 19.9 Å². The Kier molecular flexibility index (Phi) is 15.5. The number of allylic oxidation sites excluding steroid dienone is 2. The van der Waals surface area contributed by atoms with E-state index in [-0.39, 0.29) is 19.5 Å². The van der Waals surface area contributed by atoms with Gasteiger partial charge in [0, 0.05) is 11.5 Å². The summed E-state index contributed by atoms with van der Waals surface area (Å²) in [5.74, 6) is 1.04. The van der Waals surface area contributed by atoms with Gasteiger partial charge in [-0.15, -0.1) is 0 Å². The lowest BCUT2D eigenvalue weighted by Crippen LogP contribution is -2.25. The van der Waals surface area contributed by atoms with Crippen molar-refractivity contribution in [3.8, 4) is 11.5 Å². The molecule has 278 valence electrons. The smallest absolute Gasteiger partial charge is 0.466 e. The van der Waals surface area contributed by atoms with Crippen LogP contribution in [0.5, 0.6) is 11.5 Å². The maximum Gasteiger partial charge on any atom is 0.478 e. The molecule has 1 atom stereocenters. The van der Waals surface area contributed by atoms with Gasteiger partial charge in [0.25, 0.3) is 0 Å². The van der Waals surface area contributed by atoms with Crippen LogP contribution in [0.15, 0.2) is 23.8 Å². The van der Waals surface area contributed by atoms with Crippen LogP contribution >= 0.6 is 15.6 Å². The van der Waals surface area contributed by atoms with Crippen molar-refractivity contribution in [1.82, 2.24) is 0 Å². The molecule has 0 aromatic heterocycles. The molecule has 2 rings (SSSR count). The molecule has 0 radical (unpaired) electrons. The van der Waals surface area contributed by atoms with Gasteiger partial charge in [-0.3, -0.25) is 18.1 Å². The fraction of sp³-hybridized carbons (Fsp3) is 0.778. The van der Waals surface area contributed by atoms with Crippen LogP contribution in [0.1, 0.15) is 153 Å². The number of rotatable bonds is 17. The summed E-state index contributed by atoms with van der Waals surface area (Å²) in [5, 5.41) is 0. The van der Waals surface area contributed by atoms with Gasteiger partial charge in [-0.1, -0.05) is 31.4 Å². The van der Waals surface area contributed by atoms with Crippen LogP contribution in [-0.2, 0) is 42.7 Å². The summed E-state index contributed by atoms with van der Waals surface area (Å²) < 4.78 is 74.9. The number of aryl methyl sites for hydroxylation is 1. The second-order valence-electron chi connectivity index (χ2n) is 16.5. The number of unbranched alkanes of at least 4 members (excludes halogenated alkanes) is 2. The minimum Gasteiger partial charge on any atom is -0.466 e. The van der Waals surface area contributed by atoms with Crippen molar-refractivity contribution in [2.24, 2.45) is 0 Å². The standard InChI is InChI=1S/C36H64O10P2/c1-15-16-17-20-28-23-30(39-25-41-47(37,43-33(3,4)5)44-34(6,7)8)32(29-21-18-19-27(2)22-29)31(24-28)40-26-42-48(38,45-35(9,10)11)46-36(12,13)14/h22-24,29H,15-21,25-26H2,1-14H3. The molecule has 0 fully saturated rings. The highest BCUT2D eigenvalue weighted by Gasteiger charge is 2.39. The third kappa shape index (κ3) is 16.7. The molecule has 12 heteroatoms. The predicted molar refractivity (Wildman–Crippen MR) is 192 cm³/mol. The molecule has 0 aliphatic heterocycles. The van der Waals surface area contributed by atoms with Crippen LogP contribution in [0.25, 0.3) is 0 Å². The Morgan fingerprint density at radius 2 is 1.10 bits per heavy atom. The molecule has 0 bridgehead atoms. The summed E-state index contributed by atoms with van der Waals surface area (Å²) in [5.41, 5.74) is -0.0912. The molecule has 0 N–H and O–H groups in total. The lowest BCUT2D eigenvalue weighted by atomic mass is 9.84. The molecule has 48 heavy (non-hydrogen) atoms. The monoisotopic (exact) mass is 718 g/mol. The zero-order chi connectivity index (χ0) is 36.6. The molecular formula is C36H64O10P2. The van der Waals surface area contributed by atoms with E-state index in [1.54, 1.807) is 83.1 Å². The average Bonchev–Trinajstić information content (AvgIpc) is 2.84. The van der Waals surface area contributed by atoms with Crippen molar-refractivity contribution >= 4 is 15.6 Å². The van der Waals surface area contributed by atoms with Gasteiger partial charge in [-0.05, 0) is 140 Å². The van der Waals surface area contributed by atoms with Gasteiger partial charge in [-0.2, -0.15) is 0 Å². The maximum absolute atomic E-state index is 13.8. The van der Waals surface area contributed by atoms with Crippen molar-refractivity contribution in [2.45, 2.75) is 170 Å². The number of hydrogen-bond acceptors (Lipinski definition) is 10. The Bertz CT molecular complexity index is 1180. The lowest BCUT2D eigenvalue weighted by molar-refractivity contribution is -0.0195. The van der Waals surface area contributed by atoms with E-state index in [0.29, 0.717) is 11.5 Å². The van der Waals surface area contributed by atoms with Crippen LogP contribution in [-0.4, -0.2) is 36.0 Å². The number of phosphoric ester groups is 2. The SMILES string of the molecule is CCCCCc1cc(OCOP(=O)(OC(C)(C)C)OC(C)(C)C)c(C2C=C(C)CCC2)c(OCOP(=O)(OC(C)(C)C)OC(C)(C)C)c1. The quantitative estimate of drug-likeness (QED) is 0.0668. The molecule has 0 spiro atoms. The molecule has 0 amide bonds. The average molecular weight is 719 g/mol. The molecular weight excluding hydrogens is 654 g/mol. The van der Waals surface area contributed by atoms with E-state index < -0.39 is 38.0 Å². The first-order chi connectivity index (χ1) is 21.8. The number of phosphoric acid groups is 2. The van der Waals surface area contributed by atoms with Crippen LogP contribution in [0.2, 0.25) is 0 Å². The number of hydrogen-bond donors (Lipinski definition) is 0. The van der Waals surface area contributed by atoms with Gasteiger partial charge in [0.1, 0.15) is 11.5 Å². The zero-order valence-corrected chi connectivity index (χ0v) is 33.9. The lowest BCUT2D eigenvalue weighted by Gasteiger charge is -2.31. The highest BCUT2D eigenvalue weighted by Crippen LogP contribution is 2.57. The Morgan fingerprint density at radius 1 is 0.688 bits per heavy atom. The Morgan fingerprint density at radius 3 is 1.46 bits per heavy atom. The second kappa shape index (κ2) is 17.3. The van der Waals surface area contributed by atoms with E-state index in [4.69, 9.17) is 36.6 Å². The maximum atomic E-state index is 13.8. The Hall–Kier alpha value is -1.22. The summed E-state index contributed by atoms with van der Waals surface area (Å²) in [6.45, 7) is 25.0. The highest BCUT2D eigenvalue weighted by molar-refractivity contribution is 7.48. The second-order valence-corrected chi connectivity index (χ2v) is 19.5. The minimum absolute atomic E-state index is 0.0275. The Balaban J connectivity index is 2.53. The van der Waals surface area contributed by atoms with E-state index >= 15 is 0 Å². The van der Waals surface area contributed by atoms with Crippen molar-refractivity contribution in [1.29, 1.82) is 0 Å². The third-order valence-electron chi connectivity index (χ3n) is 6.57. The van der Waals surface area contributed by atoms with Gasteiger partial charge >= 0.3 is 15.6 Å². The molecule has 1 aromatic rings. The number of ether oxygens (including phenoxy) is 2. The topological polar surface area (TPSA) is 108 Å². The fourth-order valence-corrected chi connectivity index (χ4v) is 8.45. The summed E-state index contributed by atoms with van der Waals surface area (Å²) >= 11 is 0. The molecule has 1 unspecified atom stereocenters. The first-order valence-electron chi connectivity index (χ1n) is 17.2. The van der Waals surface area contributed by atoms with Crippen LogP contribution in [0, 0.1) is 0 Å². The summed E-state index contributed by atoms with van der Waals surface area (Å²) in [4.78, 5) is 0. The first kappa shape index (κ1) is 42.9. The van der Waals surface area contributed by atoms with E-state index in [1.165, 1.54) is 5.57 Å². The molecule has 1 aliphatic carbocycles. The van der Waals surface area contributed by atoms with Crippen LogP contribution in [0.4, 0.5) is 0 Å². The predicted octanol–water partition coefficient (Wildman–Crippen LogP) is 11.8. The van der Waals surface area contributed by atoms with Gasteiger partial charge in [0.2, 0.25) is 0 Å². The van der Waals surface area contributed by atoms with Crippen LogP contribution in [0.3, 0.4) is 0 Å². The summed E-state index contributed by atoms with van der Waals surface area (Å²) in [6.07, 6.45) is 9.03. The van der Waals surface area contributed by atoms with E-state index in [0.717, 1.165) is 56.1 Å². The van der Waals surface area contributed by atoms with Gasteiger partial charge < -0.3 is 9.47 Å². The van der Waals surface area contributed by atoms with Gasteiger partial charge in [-0.25, -0.2) is 18.2 Å². The summed E-state index contributed by atoms with van der Waals surface area (Å²) in [7, 11) is -8.04. The highest BCUT2D eigenvalue weighted by atomic mass is 31.2. The van der Waals surface area contributed by atoms with Gasteiger partial charge in [0.05, 0.1) is 22.4 Å². The zero-order valence-electron chi connectivity index (χ0n) is 32.2. The molecule has 1 aromatic carbocycles. The Labute approximate surface area is 291 Å². The van der Waals surface area contributed by atoms with Gasteiger partial charge in [0.15, 0.2) is 13.6 Å². The molecule has 0 heterocycles. The van der Waals surface area contributed by atoms with E-state index in [1.807, 2.05) is 12.1 Å².